The van der Waals surface area contributed by atoms with Crippen molar-refractivity contribution >= 4 is 23.5 Å². The van der Waals surface area contributed by atoms with Crippen molar-refractivity contribution in [2.24, 2.45) is 0 Å². The Morgan fingerprint density at radius 3 is 2.48 bits per heavy atom. The van der Waals surface area contributed by atoms with E-state index in [2.05, 4.69) is 5.32 Å². The third-order valence-corrected chi connectivity index (χ3v) is 5.15. The van der Waals surface area contributed by atoms with Gasteiger partial charge in [0.05, 0.1) is 5.56 Å². The molecule has 0 aromatic heterocycles. The van der Waals surface area contributed by atoms with Gasteiger partial charge in [0, 0.05) is 37.2 Å². The van der Waals surface area contributed by atoms with Gasteiger partial charge in [0.2, 0.25) is 0 Å². The molecule has 1 saturated heterocycles. The average Bonchev–Trinajstić information content (AvgIpc) is 2.97. The lowest BCUT2D eigenvalue weighted by molar-refractivity contribution is 0.0757. The standard InChI is InChI=1S/C18H23ClFN3O2/c19-13-6-7-16(20)15(12-13)17(24)22-8-3-9-23(11-10-22)18(25)21-14-4-1-2-5-14/h6-7,12,14H,1-5,8-11H2,(H,21,25). The summed E-state index contributed by atoms with van der Waals surface area (Å²) in [6.07, 6.45) is 5.08. The Labute approximate surface area is 152 Å². The minimum absolute atomic E-state index is 0.0173. The Balaban J connectivity index is 1.60. The summed E-state index contributed by atoms with van der Waals surface area (Å²) in [5, 5.41) is 3.41. The Morgan fingerprint density at radius 2 is 1.72 bits per heavy atom. The van der Waals surface area contributed by atoms with Gasteiger partial charge in [-0.15, -0.1) is 0 Å². The van der Waals surface area contributed by atoms with Gasteiger partial charge in [0.1, 0.15) is 5.82 Å². The molecule has 0 atom stereocenters. The minimum Gasteiger partial charge on any atom is -0.337 e. The molecule has 25 heavy (non-hydrogen) atoms. The van der Waals surface area contributed by atoms with Crippen LogP contribution in [0.4, 0.5) is 9.18 Å². The van der Waals surface area contributed by atoms with Gasteiger partial charge in [-0.25, -0.2) is 9.18 Å². The summed E-state index contributed by atoms with van der Waals surface area (Å²) in [4.78, 5) is 28.3. The highest BCUT2D eigenvalue weighted by Crippen LogP contribution is 2.19. The summed E-state index contributed by atoms with van der Waals surface area (Å²) in [5.41, 5.74) is -0.0173. The molecule has 3 rings (SSSR count). The van der Waals surface area contributed by atoms with Crippen molar-refractivity contribution in [3.63, 3.8) is 0 Å². The molecule has 1 aromatic carbocycles. The third-order valence-electron chi connectivity index (χ3n) is 4.91. The van der Waals surface area contributed by atoms with Crippen LogP contribution in [0.25, 0.3) is 0 Å². The van der Waals surface area contributed by atoms with Crippen molar-refractivity contribution < 1.29 is 14.0 Å². The largest absolute Gasteiger partial charge is 0.337 e. The van der Waals surface area contributed by atoms with E-state index in [1.165, 1.54) is 31.0 Å². The number of rotatable bonds is 2. The molecule has 7 heteroatoms. The van der Waals surface area contributed by atoms with Gasteiger partial charge in [0.15, 0.2) is 0 Å². The summed E-state index contributed by atoms with van der Waals surface area (Å²) in [6.45, 7) is 1.94. The van der Waals surface area contributed by atoms with E-state index in [-0.39, 0.29) is 23.5 Å². The van der Waals surface area contributed by atoms with Crippen molar-refractivity contribution in [1.29, 1.82) is 0 Å². The van der Waals surface area contributed by atoms with Crippen LogP contribution >= 0.6 is 11.6 Å². The predicted molar refractivity (Wildman–Crippen MR) is 94.3 cm³/mol. The first-order valence-corrected chi connectivity index (χ1v) is 9.22. The molecule has 1 aromatic rings. The van der Waals surface area contributed by atoms with E-state index in [0.717, 1.165) is 12.8 Å². The highest BCUT2D eigenvalue weighted by atomic mass is 35.5. The molecular formula is C18H23ClFN3O2. The fourth-order valence-electron chi connectivity index (χ4n) is 3.49. The highest BCUT2D eigenvalue weighted by Gasteiger charge is 2.26. The number of hydrogen-bond acceptors (Lipinski definition) is 2. The van der Waals surface area contributed by atoms with Crippen LogP contribution in [0, 0.1) is 5.82 Å². The van der Waals surface area contributed by atoms with Crippen molar-refractivity contribution in [3.8, 4) is 0 Å². The molecule has 1 saturated carbocycles. The smallest absolute Gasteiger partial charge is 0.317 e. The topological polar surface area (TPSA) is 52.7 Å². The molecule has 0 spiro atoms. The fourth-order valence-corrected chi connectivity index (χ4v) is 3.66. The van der Waals surface area contributed by atoms with Crippen LogP contribution in [0.1, 0.15) is 42.5 Å². The lowest BCUT2D eigenvalue weighted by atomic mass is 10.2. The SMILES string of the molecule is O=C(NC1CCCC1)N1CCCN(C(=O)c2cc(Cl)ccc2F)CC1. The number of hydrogen-bond donors (Lipinski definition) is 1. The maximum atomic E-state index is 13.9. The number of urea groups is 1. The zero-order valence-corrected chi connectivity index (χ0v) is 14.9. The van der Waals surface area contributed by atoms with Gasteiger partial charge >= 0.3 is 6.03 Å². The van der Waals surface area contributed by atoms with Crippen LogP contribution < -0.4 is 5.32 Å². The maximum absolute atomic E-state index is 13.9. The first-order chi connectivity index (χ1) is 12.0. The van der Waals surface area contributed by atoms with Gasteiger partial charge < -0.3 is 15.1 Å². The summed E-state index contributed by atoms with van der Waals surface area (Å²) in [7, 11) is 0. The van der Waals surface area contributed by atoms with E-state index >= 15 is 0 Å². The van der Waals surface area contributed by atoms with Crippen LogP contribution in [0.5, 0.6) is 0 Å². The highest BCUT2D eigenvalue weighted by molar-refractivity contribution is 6.31. The first kappa shape index (κ1) is 18.0. The Kier molecular flexibility index (Phi) is 5.78. The molecular weight excluding hydrogens is 345 g/mol. The van der Waals surface area contributed by atoms with Crippen molar-refractivity contribution in [3.05, 3.63) is 34.6 Å². The first-order valence-electron chi connectivity index (χ1n) is 8.84. The summed E-state index contributed by atoms with van der Waals surface area (Å²) in [5.74, 6) is -0.951. The van der Waals surface area contributed by atoms with Crippen molar-refractivity contribution in [2.45, 2.75) is 38.1 Å². The second-order valence-electron chi connectivity index (χ2n) is 6.69. The van der Waals surface area contributed by atoms with Gasteiger partial charge in [0.25, 0.3) is 5.91 Å². The summed E-state index contributed by atoms with van der Waals surface area (Å²) in [6, 6.07) is 4.19. The maximum Gasteiger partial charge on any atom is 0.317 e. The second kappa shape index (κ2) is 8.04. The van der Waals surface area contributed by atoms with Crippen molar-refractivity contribution in [2.75, 3.05) is 26.2 Å². The van der Waals surface area contributed by atoms with E-state index in [4.69, 9.17) is 11.6 Å². The summed E-state index contributed by atoms with van der Waals surface area (Å²) < 4.78 is 13.9. The lowest BCUT2D eigenvalue weighted by Crippen LogP contribution is -2.45. The Hall–Kier alpha value is -1.82. The molecule has 2 aliphatic rings. The second-order valence-corrected chi connectivity index (χ2v) is 7.12. The molecule has 0 radical (unpaired) electrons. The molecule has 2 fully saturated rings. The average molecular weight is 368 g/mol. The van der Waals surface area contributed by atoms with Crippen LogP contribution in [0.15, 0.2) is 18.2 Å². The number of nitrogens with one attached hydrogen (secondary N) is 1. The van der Waals surface area contributed by atoms with E-state index in [0.29, 0.717) is 37.6 Å². The van der Waals surface area contributed by atoms with E-state index < -0.39 is 5.82 Å². The Morgan fingerprint density at radius 1 is 1.04 bits per heavy atom. The van der Waals surface area contributed by atoms with Gasteiger partial charge in [-0.3, -0.25) is 4.79 Å². The molecule has 136 valence electrons. The predicted octanol–water partition coefficient (Wildman–Crippen LogP) is 3.28. The van der Waals surface area contributed by atoms with Crippen LogP contribution in [-0.4, -0.2) is 54.0 Å². The third kappa shape index (κ3) is 4.42. The number of amides is 3. The van der Waals surface area contributed by atoms with Crippen LogP contribution in [-0.2, 0) is 0 Å². The van der Waals surface area contributed by atoms with E-state index in [9.17, 15) is 14.0 Å². The van der Waals surface area contributed by atoms with E-state index in [1.54, 1.807) is 9.80 Å². The van der Waals surface area contributed by atoms with Gasteiger partial charge in [-0.2, -0.15) is 0 Å². The molecule has 1 aliphatic heterocycles. The molecule has 0 unspecified atom stereocenters. The normalized spacial score (nSPS) is 19.0. The molecule has 3 amide bonds. The number of halogens is 2. The Bertz CT molecular complexity index is 649. The molecule has 0 bridgehead atoms. The fraction of sp³-hybridized carbons (Fsp3) is 0.556. The molecule has 1 heterocycles. The van der Waals surface area contributed by atoms with Gasteiger partial charge in [-0.1, -0.05) is 24.4 Å². The number of carbonyl (C=O) groups excluding carboxylic acids is 2. The number of benzene rings is 1. The van der Waals surface area contributed by atoms with E-state index in [1.807, 2.05) is 0 Å². The van der Waals surface area contributed by atoms with Gasteiger partial charge in [-0.05, 0) is 37.5 Å². The zero-order valence-electron chi connectivity index (χ0n) is 14.1. The van der Waals surface area contributed by atoms with Crippen LogP contribution in [0.2, 0.25) is 5.02 Å². The minimum atomic E-state index is -0.575. The molecule has 1 aliphatic carbocycles. The van der Waals surface area contributed by atoms with Crippen molar-refractivity contribution in [1.82, 2.24) is 15.1 Å². The monoisotopic (exact) mass is 367 g/mol. The number of carbonyl (C=O) groups is 2. The quantitative estimate of drug-likeness (QED) is 0.872. The van der Waals surface area contributed by atoms with Crippen LogP contribution in [0.3, 0.4) is 0 Å². The lowest BCUT2D eigenvalue weighted by Gasteiger charge is -2.24. The summed E-state index contributed by atoms with van der Waals surface area (Å²) >= 11 is 5.88. The molecule has 1 N–H and O–H groups in total. The zero-order chi connectivity index (χ0) is 17.8. The molecule has 5 nitrogen and oxygen atoms in total. The number of nitrogens with zero attached hydrogens (tertiary/aromatic N) is 2.